The third-order valence-electron chi connectivity index (χ3n) is 7.15. The largest absolute Gasteiger partial charge is 0.375 e. The molecule has 1 unspecified atom stereocenters. The van der Waals surface area contributed by atoms with E-state index in [4.69, 9.17) is 4.74 Å². The van der Waals surface area contributed by atoms with Gasteiger partial charge in [0.1, 0.15) is 12.6 Å². The minimum atomic E-state index is -0.592. The first-order valence-corrected chi connectivity index (χ1v) is 12.5. The monoisotopic (exact) mass is 475 g/mol. The van der Waals surface area contributed by atoms with E-state index in [0.29, 0.717) is 37.6 Å². The quantitative estimate of drug-likeness (QED) is 0.494. The molecule has 0 bridgehead atoms. The summed E-state index contributed by atoms with van der Waals surface area (Å²) in [5.74, 6) is -0.664. The van der Waals surface area contributed by atoms with Crippen molar-refractivity contribution in [2.75, 3.05) is 32.1 Å². The van der Waals surface area contributed by atoms with Crippen molar-refractivity contribution in [3.8, 4) is 0 Å². The van der Waals surface area contributed by atoms with Gasteiger partial charge in [0.15, 0.2) is 5.82 Å². The maximum atomic E-state index is 15.7. The molecule has 1 aromatic carbocycles. The highest BCUT2D eigenvalue weighted by molar-refractivity contribution is 5.82. The Labute approximate surface area is 202 Å². The second kappa shape index (κ2) is 13.0. The Morgan fingerprint density at radius 1 is 1.18 bits per heavy atom. The van der Waals surface area contributed by atoms with Crippen molar-refractivity contribution in [3.63, 3.8) is 0 Å². The number of hydrogen-bond donors (Lipinski definition) is 1. The number of piperidine rings is 1. The number of benzene rings is 1. The second-order valence-electron chi connectivity index (χ2n) is 9.46. The van der Waals surface area contributed by atoms with Crippen LogP contribution >= 0.6 is 0 Å². The highest BCUT2D eigenvalue weighted by Gasteiger charge is 2.28. The van der Waals surface area contributed by atoms with Gasteiger partial charge < -0.3 is 19.7 Å². The van der Waals surface area contributed by atoms with E-state index < -0.39 is 11.9 Å². The Hall–Kier alpha value is -2.32. The number of halogens is 1. The molecule has 1 amide bonds. The predicted octanol–water partition coefficient (Wildman–Crippen LogP) is 3.48. The molecule has 0 spiro atoms. The van der Waals surface area contributed by atoms with Gasteiger partial charge in [0.25, 0.3) is 0 Å². The van der Waals surface area contributed by atoms with Gasteiger partial charge in [-0.05, 0) is 51.3 Å². The Morgan fingerprint density at radius 3 is 2.47 bits per heavy atom. The molecule has 1 N–H and O–H groups in total. The van der Waals surface area contributed by atoms with Gasteiger partial charge >= 0.3 is 0 Å². The topological polar surface area (TPSA) is 79.0 Å². The van der Waals surface area contributed by atoms with Crippen LogP contribution in [-0.2, 0) is 20.9 Å². The van der Waals surface area contributed by atoms with E-state index >= 15 is 4.39 Å². The van der Waals surface area contributed by atoms with Crippen molar-refractivity contribution >= 4 is 24.2 Å². The molecule has 1 aromatic rings. The molecule has 34 heavy (non-hydrogen) atoms. The second-order valence-corrected chi connectivity index (χ2v) is 9.46. The summed E-state index contributed by atoms with van der Waals surface area (Å²) >= 11 is 0. The zero-order valence-electron chi connectivity index (χ0n) is 20.4. The zero-order chi connectivity index (χ0) is 24.5. The van der Waals surface area contributed by atoms with Crippen LogP contribution in [0.25, 0.3) is 0 Å². The molecular formula is C26H38FN3O4. The van der Waals surface area contributed by atoms with Crippen molar-refractivity contribution in [1.82, 2.24) is 10.2 Å². The fraction of sp³-hybridized carbons (Fsp3) is 0.654. The molecule has 3 rings (SSSR count). The first-order valence-electron chi connectivity index (χ1n) is 12.5. The Bertz CT molecular complexity index is 836. The van der Waals surface area contributed by atoms with Gasteiger partial charge in [0.2, 0.25) is 5.91 Å². The normalized spacial score (nSPS) is 18.6. The maximum absolute atomic E-state index is 15.7. The van der Waals surface area contributed by atoms with Crippen LogP contribution in [0.3, 0.4) is 0 Å². The summed E-state index contributed by atoms with van der Waals surface area (Å²) < 4.78 is 22.0. The molecule has 1 saturated carbocycles. The molecule has 1 aliphatic carbocycles. The molecular weight excluding hydrogens is 437 g/mol. The van der Waals surface area contributed by atoms with Crippen LogP contribution in [0.15, 0.2) is 12.1 Å². The lowest BCUT2D eigenvalue weighted by Crippen LogP contribution is -2.44. The number of rotatable bonds is 11. The Balaban J connectivity index is 1.70. The molecule has 2 aliphatic rings. The van der Waals surface area contributed by atoms with Gasteiger partial charge in [-0.3, -0.25) is 14.5 Å². The van der Waals surface area contributed by atoms with Crippen molar-refractivity contribution in [1.29, 1.82) is 0 Å². The van der Waals surface area contributed by atoms with Crippen LogP contribution in [0.2, 0.25) is 0 Å². The maximum Gasteiger partial charge on any atom is 0.237 e. The molecule has 1 saturated heterocycles. The van der Waals surface area contributed by atoms with E-state index in [2.05, 4.69) is 5.32 Å². The first kappa shape index (κ1) is 26.3. The van der Waals surface area contributed by atoms with Gasteiger partial charge in [-0.2, -0.15) is 0 Å². The number of anilines is 1. The number of nitrogens with zero attached hydrogens (tertiary/aromatic N) is 2. The number of nitrogens with one attached hydrogen (secondary N) is 1. The molecule has 2 fully saturated rings. The molecule has 1 heterocycles. The van der Waals surface area contributed by atoms with Gasteiger partial charge in [-0.25, -0.2) is 4.39 Å². The minimum absolute atomic E-state index is 0.0892. The van der Waals surface area contributed by atoms with E-state index in [9.17, 15) is 14.4 Å². The zero-order valence-corrected chi connectivity index (χ0v) is 20.4. The fourth-order valence-corrected chi connectivity index (χ4v) is 5.15. The van der Waals surface area contributed by atoms with Crippen LogP contribution in [-0.4, -0.2) is 68.8 Å². The molecule has 0 aromatic heterocycles. The summed E-state index contributed by atoms with van der Waals surface area (Å²) in [6, 6.07) is 2.73. The number of amides is 1. The van der Waals surface area contributed by atoms with Crippen molar-refractivity contribution in [2.45, 2.75) is 82.6 Å². The van der Waals surface area contributed by atoms with Crippen molar-refractivity contribution < 1.29 is 23.5 Å². The SMILES string of the molecule is CNC(=O)C(CCC=O)N(C)Cc1c(C=O)ccc(N2CCC(OC3CCCCC3)CC2)c1F. The van der Waals surface area contributed by atoms with E-state index in [-0.39, 0.29) is 36.1 Å². The summed E-state index contributed by atoms with van der Waals surface area (Å²) in [7, 11) is 3.24. The van der Waals surface area contributed by atoms with Crippen LogP contribution in [0.1, 0.15) is 73.7 Å². The van der Waals surface area contributed by atoms with Gasteiger partial charge in [-0.1, -0.05) is 19.3 Å². The van der Waals surface area contributed by atoms with Crippen LogP contribution < -0.4 is 10.2 Å². The molecule has 1 aliphatic heterocycles. The number of carbonyl (C=O) groups excluding carboxylic acids is 3. The van der Waals surface area contributed by atoms with E-state index in [1.54, 1.807) is 24.1 Å². The molecule has 1 atom stereocenters. The number of hydrogen-bond acceptors (Lipinski definition) is 6. The number of carbonyl (C=O) groups is 3. The first-order chi connectivity index (χ1) is 16.5. The van der Waals surface area contributed by atoms with Crippen LogP contribution in [0.5, 0.6) is 0 Å². The highest BCUT2D eigenvalue weighted by Crippen LogP contribution is 2.30. The van der Waals surface area contributed by atoms with Crippen LogP contribution in [0.4, 0.5) is 10.1 Å². The lowest BCUT2D eigenvalue weighted by molar-refractivity contribution is -0.126. The molecule has 7 nitrogen and oxygen atoms in total. The lowest BCUT2D eigenvalue weighted by Gasteiger charge is -2.36. The van der Waals surface area contributed by atoms with E-state index in [1.165, 1.54) is 26.3 Å². The Morgan fingerprint density at radius 2 is 1.85 bits per heavy atom. The fourth-order valence-electron chi connectivity index (χ4n) is 5.15. The van der Waals surface area contributed by atoms with Crippen LogP contribution in [0, 0.1) is 5.82 Å². The van der Waals surface area contributed by atoms with Crippen molar-refractivity contribution in [2.24, 2.45) is 0 Å². The third-order valence-corrected chi connectivity index (χ3v) is 7.15. The average molecular weight is 476 g/mol. The number of likely N-dealkylation sites (N-methyl/N-ethyl adjacent to an activating group) is 2. The summed E-state index contributed by atoms with van der Waals surface area (Å²) in [6.45, 7) is 1.49. The van der Waals surface area contributed by atoms with Gasteiger partial charge in [0.05, 0.1) is 23.9 Å². The van der Waals surface area contributed by atoms with Gasteiger partial charge in [0, 0.05) is 44.2 Å². The Kier molecular flexibility index (Phi) is 10.0. The lowest BCUT2D eigenvalue weighted by atomic mass is 9.97. The predicted molar refractivity (Wildman–Crippen MR) is 130 cm³/mol. The highest BCUT2D eigenvalue weighted by atomic mass is 19.1. The number of ether oxygens (including phenoxy) is 1. The summed E-state index contributed by atoms with van der Waals surface area (Å²) in [6.07, 6.45) is 10.3. The van der Waals surface area contributed by atoms with Crippen molar-refractivity contribution in [3.05, 3.63) is 29.1 Å². The van der Waals surface area contributed by atoms with E-state index in [1.807, 2.05) is 4.90 Å². The van der Waals surface area contributed by atoms with Gasteiger partial charge in [-0.15, -0.1) is 0 Å². The third kappa shape index (κ3) is 6.63. The molecule has 8 heteroatoms. The minimum Gasteiger partial charge on any atom is -0.375 e. The molecule has 0 radical (unpaired) electrons. The molecule has 188 valence electrons. The summed E-state index contributed by atoms with van der Waals surface area (Å²) in [5, 5.41) is 2.60. The average Bonchev–Trinajstić information content (AvgIpc) is 2.86. The standard InChI is InChI=1S/C26H38FN3O4/c1-28-26(33)24(9-6-16-31)29(2)17-22-19(18-32)10-11-23(25(22)27)30-14-12-21(13-15-30)34-20-7-4-3-5-8-20/h10-11,16,18,20-21,24H,3-9,12-15,17H2,1-2H3,(H,28,33). The summed E-state index contributed by atoms with van der Waals surface area (Å²) in [4.78, 5) is 38.6. The van der Waals surface area contributed by atoms with E-state index in [0.717, 1.165) is 32.0 Å². The smallest absolute Gasteiger partial charge is 0.237 e. The number of aldehydes is 2. The summed E-state index contributed by atoms with van der Waals surface area (Å²) in [5.41, 5.74) is 1.03.